The highest BCUT2D eigenvalue weighted by Gasteiger charge is 2.24. The van der Waals surface area contributed by atoms with Crippen molar-refractivity contribution in [1.29, 1.82) is 0 Å². The van der Waals surface area contributed by atoms with E-state index in [0.29, 0.717) is 26.3 Å². The Hall–Kier alpha value is -1.51. The van der Waals surface area contributed by atoms with E-state index in [-0.39, 0.29) is 17.1 Å². The summed E-state index contributed by atoms with van der Waals surface area (Å²) >= 11 is 0. The van der Waals surface area contributed by atoms with Crippen molar-refractivity contribution in [2.24, 2.45) is 0 Å². The Morgan fingerprint density at radius 3 is 2.61 bits per heavy atom. The molecule has 0 bridgehead atoms. The molecular formula is C10H15N3O4S. The number of hydrogen-bond donors (Lipinski definition) is 3. The molecule has 1 fully saturated rings. The number of nitrogens with one attached hydrogen (secondary N) is 1. The van der Waals surface area contributed by atoms with Gasteiger partial charge in [0.05, 0.1) is 24.6 Å². The molecule has 0 unspecified atom stereocenters. The predicted molar refractivity (Wildman–Crippen MR) is 67.5 cm³/mol. The van der Waals surface area contributed by atoms with Crippen LogP contribution in [0.15, 0.2) is 18.2 Å². The van der Waals surface area contributed by atoms with Gasteiger partial charge in [0, 0.05) is 19.2 Å². The lowest BCUT2D eigenvalue weighted by Gasteiger charge is -2.26. The lowest BCUT2D eigenvalue weighted by molar-refractivity contribution is 0.0733. The number of nitrogens with two attached hydrogens (primary N) is 1. The number of nitrogens with zero attached hydrogens (tertiary/aromatic N) is 1. The molecule has 0 saturated carbocycles. The highest BCUT2D eigenvalue weighted by molar-refractivity contribution is 7.90. The van der Waals surface area contributed by atoms with Crippen LogP contribution in [0.5, 0.6) is 5.75 Å². The molecule has 0 spiro atoms. The van der Waals surface area contributed by atoms with E-state index in [9.17, 15) is 13.5 Å². The van der Waals surface area contributed by atoms with Crippen molar-refractivity contribution >= 4 is 21.6 Å². The maximum Gasteiger partial charge on any atom is 0.301 e. The van der Waals surface area contributed by atoms with Gasteiger partial charge >= 0.3 is 10.2 Å². The van der Waals surface area contributed by atoms with Crippen molar-refractivity contribution in [3.8, 4) is 5.75 Å². The zero-order valence-corrected chi connectivity index (χ0v) is 10.5. The van der Waals surface area contributed by atoms with Crippen molar-refractivity contribution in [3.05, 3.63) is 18.2 Å². The summed E-state index contributed by atoms with van der Waals surface area (Å²) in [5.74, 6) is -0.0122. The first-order chi connectivity index (χ1) is 8.49. The predicted octanol–water partition coefficient (Wildman–Crippen LogP) is -0.0367. The van der Waals surface area contributed by atoms with Crippen LogP contribution < -0.4 is 10.5 Å². The Morgan fingerprint density at radius 1 is 1.33 bits per heavy atom. The zero-order chi connectivity index (χ0) is 13.2. The zero-order valence-electron chi connectivity index (χ0n) is 9.67. The standard InChI is InChI=1S/C10H15N3O4S/c11-9-7-8(14)1-2-10(9)12-18(15,16)13-3-5-17-6-4-13/h1-2,7,12,14H,3-6,11H2. The second-order valence-electron chi connectivity index (χ2n) is 3.89. The minimum Gasteiger partial charge on any atom is -0.508 e. The quantitative estimate of drug-likeness (QED) is 0.529. The van der Waals surface area contributed by atoms with E-state index in [2.05, 4.69) is 4.72 Å². The number of rotatable bonds is 3. The molecule has 0 radical (unpaired) electrons. The summed E-state index contributed by atoms with van der Waals surface area (Å²) in [7, 11) is -3.63. The molecule has 8 heteroatoms. The van der Waals surface area contributed by atoms with Crippen LogP contribution in [0, 0.1) is 0 Å². The van der Waals surface area contributed by atoms with Gasteiger partial charge in [-0.2, -0.15) is 12.7 Å². The van der Waals surface area contributed by atoms with E-state index in [4.69, 9.17) is 10.5 Å². The van der Waals surface area contributed by atoms with Crippen molar-refractivity contribution in [2.45, 2.75) is 0 Å². The number of ether oxygens (including phenoxy) is 1. The minimum absolute atomic E-state index is 0.0122. The molecule has 0 atom stereocenters. The fourth-order valence-electron chi connectivity index (χ4n) is 1.63. The van der Waals surface area contributed by atoms with Crippen LogP contribution in [0.2, 0.25) is 0 Å². The van der Waals surface area contributed by atoms with Gasteiger partial charge in [-0.1, -0.05) is 0 Å². The fourth-order valence-corrected chi connectivity index (χ4v) is 2.86. The van der Waals surface area contributed by atoms with Crippen LogP contribution >= 0.6 is 0 Å². The molecule has 0 amide bonds. The normalized spacial score (nSPS) is 17.6. The monoisotopic (exact) mass is 273 g/mol. The number of morpholine rings is 1. The van der Waals surface area contributed by atoms with Crippen molar-refractivity contribution in [1.82, 2.24) is 4.31 Å². The van der Waals surface area contributed by atoms with Crippen molar-refractivity contribution < 1.29 is 18.3 Å². The molecule has 18 heavy (non-hydrogen) atoms. The summed E-state index contributed by atoms with van der Waals surface area (Å²) in [5.41, 5.74) is 6.05. The van der Waals surface area contributed by atoms with E-state index < -0.39 is 10.2 Å². The van der Waals surface area contributed by atoms with E-state index in [1.807, 2.05) is 0 Å². The Bertz CT molecular complexity index is 526. The molecular weight excluding hydrogens is 258 g/mol. The summed E-state index contributed by atoms with van der Waals surface area (Å²) in [5, 5.41) is 9.20. The minimum atomic E-state index is -3.63. The Balaban J connectivity index is 2.16. The third kappa shape index (κ3) is 2.84. The lowest BCUT2D eigenvalue weighted by Crippen LogP contribution is -2.43. The molecule has 1 heterocycles. The highest BCUT2D eigenvalue weighted by atomic mass is 32.2. The maximum atomic E-state index is 12.0. The Labute approximate surface area is 105 Å². The number of phenols is 1. The SMILES string of the molecule is Nc1cc(O)ccc1NS(=O)(=O)N1CCOCC1. The summed E-state index contributed by atoms with van der Waals surface area (Å²) in [6.07, 6.45) is 0. The van der Waals surface area contributed by atoms with Gasteiger partial charge in [0.15, 0.2) is 0 Å². The van der Waals surface area contributed by atoms with Gasteiger partial charge in [-0.05, 0) is 12.1 Å². The topological polar surface area (TPSA) is 105 Å². The number of anilines is 2. The maximum absolute atomic E-state index is 12.0. The fraction of sp³-hybridized carbons (Fsp3) is 0.400. The number of aromatic hydroxyl groups is 1. The third-order valence-corrected chi connectivity index (χ3v) is 4.11. The van der Waals surface area contributed by atoms with Gasteiger partial charge in [0.25, 0.3) is 0 Å². The summed E-state index contributed by atoms with van der Waals surface area (Å²) in [6, 6.07) is 4.08. The van der Waals surface area contributed by atoms with E-state index in [0.717, 1.165) is 0 Å². The Morgan fingerprint density at radius 2 is 2.00 bits per heavy atom. The van der Waals surface area contributed by atoms with Crippen LogP contribution in [0.25, 0.3) is 0 Å². The molecule has 1 aromatic carbocycles. The number of hydrogen-bond acceptors (Lipinski definition) is 5. The van der Waals surface area contributed by atoms with Crippen LogP contribution in [0.4, 0.5) is 11.4 Å². The molecule has 0 aliphatic carbocycles. The second kappa shape index (κ2) is 5.01. The van der Waals surface area contributed by atoms with Gasteiger partial charge in [-0.3, -0.25) is 4.72 Å². The molecule has 7 nitrogen and oxygen atoms in total. The average molecular weight is 273 g/mol. The van der Waals surface area contributed by atoms with Crippen LogP contribution in [0.3, 0.4) is 0 Å². The first-order valence-corrected chi connectivity index (χ1v) is 6.87. The summed E-state index contributed by atoms with van der Waals surface area (Å²) in [6.45, 7) is 1.39. The molecule has 1 aromatic rings. The van der Waals surface area contributed by atoms with E-state index in [1.54, 1.807) is 0 Å². The van der Waals surface area contributed by atoms with Gasteiger partial charge < -0.3 is 15.6 Å². The third-order valence-electron chi connectivity index (χ3n) is 2.58. The second-order valence-corrected chi connectivity index (χ2v) is 5.56. The van der Waals surface area contributed by atoms with E-state index >= 15 is 0 Å². The molecule has 1 aliphatic heterocycles. The molecule has 100 valence electrons. The van der Waals surface area contributed by atoms with Gasteiger partial charge in [-0.25, -0.2) is 0 Å². The lowest BCUT2D eigenvalue weighted by atomic mass is 10.2. The molecule has 2 rings (SSSR count). The van der Waals surface area contributed by atoms with Crippen molar-refractivity contribution in [3.63, 3.8) is 0 Å². The largest absolute Gasteiger partial charge is 0.508 e. The van der Waals surface area contributed by atoms with Crippen LogP contribution in [0.1, 0.15) is 0 Å². The molecule has 4 N–H and O–H groups in total. The first kappa shape index (κ1) is 12.9. The van der Waals surface area contributed by atoms with E-state index in [1.165, 1.54) is 22.5 Å². The Kier molecular flexibility index (Phi) is 3.60. The van der Waals surface area contributed by atoms with Crippen LogP contribution in [-0.4, -0.2) is 44.1 Å². The smallest absolute Gasteiger partial charge is 0.301 e. The van der Waals surface area contributed by atoms with Crippen molar-refractivity contribution in [2.75, 3.05) is 36.8 Å². The van der Waals surface area contributed by atoms with Gasteiger partial charge in [-0.15, -0.1) is 0 Å². The highest BCUT2D eigenvalue weighted by Crippen LogP contribution is 2.24. The van der Waals surface area contributed by atoms with Crippen LogP contribution in [-0.2, 0) is 14.9 Å². The molecule has 1 saturated heterocycles. The number of phenolic OH excluding ortho intramolecular Hbond substituents is 1. The molecule has 0 aromatic heterocycles. The first-order valence-electron chi connectivity index (χ1n) is 5.43. The number of nitrogen functional groups attached to an aromatic ring is 1. The number of benzene rings is 1. The summed E-state index contributed by atoms with van der Waals surface area (Å²) < 4.78 is 32.8. The average Bonchev–Trinajstić information content (AvgIpc) is 2.34. The molecule has 1 aliphatic rings. The summed E-state index contributed by atoms with van der Waals surface area (Å²) in [4.78, 5) is 0. The van der Waals surface area contributed by atoms with Gasteiger partial charge in [0.2, 0.25) is 0 Å². The van der Waals surface area contributed by atoms with Gasteiger partial charge in [0.1, 0.15) is 5.75 Å².